The van der Waals surface area contributed by atoms with Gasteiger partial charge in [0.2, 0.25) is 5.82 Å². The van der Waals surface area contributed by atoms with Crippen molar-refractivity contribution in [2.24, 2.45) is 0 Å². The average Bonchev–Trinajstić information content (AvgIpc) is 2.70. The van der Waals surface area contributed by atoms with E-state index in [9.17, 15) is 19.3 Å². The molecule has 0 aliphatic heterocycles. The van der Waals surface area contributed by atoms with E-state index in [1.807, 2.05) is 0 Å². The fourth-order valence-electron chi connectivity index (χ4n) is 2.56. The summed E-state index contributed by atoms with van der Waals surface area (Å²) in [6.07, 6.45) is 1.05. The van der Waals surface area contributed by atoms with Crippen molar-refractivity contribution in [3.05, 3.63) is 80.4 Å². The number of amides is 1. The first-order valence-corrected chi connectivity index (χ1v) is 8.90. The van der Waals surface area contributed by atoms with E-state index in [0.29, 0.717) is 10.8 Å². The Balaban J connectivity index is 1.85. The number of aromatic nitrogens is 2. The number of carbonyl (C=O) groups excluding carboxylic acids is 1. The van der Waals surface area contributed by atoms with Gasteiger partial charge in [0.15, 0.2) is 0 Å². The second-order valence-corrected chi connectivity index (χ2v) is 6.57. The SMILES string of the molecule is Cc1cc(Oc2ncnc(NNC(=O)c3ccc(F)cc3)c2[N+](=O)[O-])cc(C)c1Cl. The third-order valence-corrected chi connectivity index (χ3v) is 4.59. The predicted molar refractivity (Wildman–Crippen MR) is 107 cm³/mol. The number of benzene rings is 2. The highest BCUT2D eigenvalue weighted by Gasteiger charge is 2.26. The van der Waals surface area contributed by atoms with E-state index in [0.717, 1.165) is 29.6 Å². The second kappa shape index (κ2) is 8.70. The maximum Gasteiger partial charge on any atom is 0.374 e. The molecule has 0 aliphatic rings. The number of hydrazine groups is 1. The van der Waals surface area contributed by atoms with E-state index in [-0.39, 0.29) is 17.3 Å². The zero-order valence-electron chi connectivity index (χ0n) is 15.8. The highest BCUT2D eigenvalue weighted by molar-refractivity contribution is 6.32. The number of rotatable bonds is 6. The number of nitrogens with zero attached hydrogens (tertiary/aromatic N) is 3. The van der Waals surface area contributed by atoms with Crippen LogP contribution in [0, 0.1) is 29.8 Å². The molecule has 30 heavy (non-hydrogen) atoms. The Morgan fingerprint density at radius 3 is 2.40 bits per heavy atom. The van der Waals surface area contributed by atoms with Crippen molar-refractivity contribution in [1.82, 2.24) is 15.4 Å². The zero-order valence-corrected chi connectivity index (χ0v) is 16.5. The molecule has 0 saturated carbocycles. The molecule has 0 bridgehead atoms. The van der Waals surface area contributed by atoms with E-state index in [1.165, 1.54) is 12.1 Å². The second-order valence-electron chi connectivity index (χ2n) is 6.19. The summed E-state index contributed by atoms with van der Waals surface area (Å²) in [7, 11) is 0. The van der Waals surface area contributed by atoms with Gasteiger partial charge < -0.3 is 4.74 Å². The molecule has 0 unspecified atom stereocenters. The molecule has 0 atom stereocenters. The van der Waals surface area contributed by atoms with Crippen LogP contribution >= 0.6 is 11.6 Å². The zero-order chi connectivity index (χ0) is 21.8. The van der Waals surface area contributed by atoms with Gasteiger partial charge in [-0.2, -0.15) is 4.98 Å². The minimum absolute atomic E-state index is 0.143. The summed E-state index contributed by atoms with van der Waals surface area (Å²) in [6.45, 7) is 3.54. The lowest BCUT2D eigenvalue weighted by Crippen LogP contribution is -2.30. The number of carbonyl (C=O) groups is 1. The van der Waals surface area contributed by atoms with Gasteiger partial charge in [0.25, 0.3) is 5.91 Å². The maximum atomic E-state index is 13.0. The lowest BCUT2D eigenvalue weighted by atomic mass is 10.1. The summed E-state index contributed by atoms with van der Waals surface area (Å²) in [6, 6.07) is 7.99. The van der Waals surface area contributed by atoms with Crippen LogP contribution in [0.15, 0.2) is 42.7 Å². The molecule has 0 fully saturated rings. The molecule has 9 nitrogen and oxygen atoms in total. The number of aryl methyl sites for hydroxylation is 2. The molecule has 3 rings (SSSR count). The Labute approximate surface area is 175 Å². The largest absolute Gasteiger partial charge is 0.434 e. The van der Waals surface area contributed by atoms with E-state index in [1.54, 1.807) is 26.0 Å². The van der Waals surface area contributed by atoms with Gasteiger partial charge in [0.05, 0.1) is 4.92 Å². The molecule has 2 aromatic carbocycles. The van der Waals surface area contributed by atoms with Gasteiger partial charge in [0, 0.05) is 10.6 Å². The van der Waals surface area contributed by atoms with E-state index < -0.39 is 22.3 Å². The van der Waals surface area contributed by atoms with Crippen molar-refractivity contribution >= 4 is 29.0 Å². The normalized spacial score (nSPS) is 10.4. The van der Waals surface area contributed by atoms with Crippen LogP contribution in [0.3, 0.4) is 0 Å². The minimum Gasteiger partial charge on any atom is -0.434 e. The number of halogens is 2. The van der Waals surface area contributed by atoms with Gasteiger partial charge in [-0.05, 0) is 61.4 Å². The third-order valence-electron chi connectivity index (χ3n) is 4.00. The van der Waals surface area contributed by atoms with Gasteiger partial charge in [-0.15, -0.1) is 0 Å². The fraction of sp³-hybridized carbons (Fsp3) is 0.105. The first kappa shape index (κ1) is 20.9. The third kappa shape index (κ3) is 4.61. The number of hydrogen-bond acceptors (Lipinski definition) is 7. The van der Waals surface area contributed by atoms with Crippen LogP contribution in [0.25, 0.3) is 0 Å². The number of anilines is 1. The quantitative estimate of drug-likeness (QED) is 0.440. The molecule has 11 heteroatoms. The molecule has 1 amide bonds. The Morgan fingerprint density at radius 2 is 1.80 bits per heavy atom. The van der Waals surface area contributed by atoms with Crippen LogP contribution < -0.4 is 15.6 Å². The van der Waals surface area contributed by atoms with Gasteiger partial charge in [-0.25, -0.2) is 9.37 Å². The molecule has 2 N–H and O–H groups in total. The highest BCUT2D eigenvalue weighted by Crippen LogP contribution is 2.35. The number of hydrogen-bond donors (Lipinski definition) is 2. The van der Waals surface area contributed by atoms with Crippen molar-refractivity contribution in [3.63, 3.8) is 0 Å². The number of nitro groups is 1. The summed E-state index contributed by atoms with van der Waals surface area (Å²) < 4.78 is 18.6. The molecule has 0 radical (unpaired) electrons. The Hall–Kier alpha value is -3.79. The predicted octanol–water partition coefficient (Wildman–Crippen LogP) is 4.34. The first-order chi connectivity index (χ1) is 14.3. The molecule has 154 valence electrons. The molecular formula is C19H15ClFN5O4. The highest BCUT2D eigenvalue weighted by atomic mass is 35.5. The van der Waals surface area contributed by atoms with Crippen molar-refractivity contribution in [1.29, 1.82) is 0 Å². The monoisotopic (exact) mass is 431 g/mol. The van der Waals surface area contributed by atoms with Gasteiger partial charge in [-0.1, -0.05) is 11.6 Å². The van der Waals surface area contributed by atoms with Crippen molar-refractivity contribution in [3.8, 4) is 11.6 Å². The standard InChI is InChI=1S/C19H15ClFN5O4/c1-10-7-14(8-11(2)15(10)20)30-19-16(26(28)29)17(22-9-23-19)24-25-18(27)12-3-5-13(21)6-4-12/h3-9H,1-2H3,(H,25,27)(H,22,23,24). The molecule has 1 aromatic heterocycles. The van der Waals surface area contributed by atoms with E-state index >= 15 is 0 Å². The maximum absolute atomic E-state index is 13.0. The smallest absolute Gasteiger partial charge is 0.374 e. The van der Waals surface area contributed by atoms with Crippen LogP contribution in [0.1, 0.15) is 21.5 Å². The van der Waals surface area contributed by atoms with Gasteiger partial charge in [0.1, 0.15) is 17.9 Å². The minimum atomic E-state index is -0.739. The van der Waals surface area contributed by atoms with E-state index in [2.05, 4.69) is 20.8 Å². The van der Waals surface area contributed by atoms with Gasteiger partial charge >= 0.3 is 11.6 Å². The van der Waals surface area contributed by atoms with Crippen molar-refractivity contribution < 1.29 is 18.8 Å². The fourth-order valence-corrected chi connectivity index (χ4v) is 2.67. The van der Waals surface area contributed by atoms with Crippen LogP contribution in [0.2, 0.25) is 5.02 Å². The summed E-state index contributed by atoms with van der Waals surface area (Å²) >= 11 is 6.13. The Bertz CT molecular complexity index is 1100. The lowest BCUT2D eigenvalue weighted by molar-refractivity contribution is -0.385. The summed E-state index contributed by atoms with van der Waals surface area (Å²) in [4.78, 5) is 30.6. The molecule has 0 saturated heterocycles. The summed E-state index contributed by atoms with van der Waals surface area (Å²) in [5.41, 5.74) is 5.67. The van der Waals surface area contributed by atoms with Crippen molar-refractivity contribution in [2.45, 2.75) is 13.8 Å². The molecule has 1 heterocycles. The Morgan fingerprint density at radius 1 is 1.17 bits per heavy atom. The molecule has 3 aromatic rings. The molecule has 0 aliphatic carbocycles. The summed E-state index contributed by atoms with van der Waals surface area (Å²) in [5.74, 6) is -1.45. The molecule has 0 spiro atoms. The number of ether oxygens (including phenoxy) is 1. The van der Waals surface area contributed by atoms with Crippen LogP contribution in [-0.2, 0) is 0 Å². The number of nitrogens with one attached hydrogen (secondary N) is 2. The molecular weight excluding hydrogens is 417 g/mol. The first-order valence-electron chi connectivity index (χ1n) is 8.52. The van der Waals surface area contributed by atoms with Crippen LogP contribution in [-0.4, -0.2) is 20.8 Å². The van der Waals surface area contributed by atoms with Crippen LogP contribution in [0.4, 0.5) is 15.9 Å². The Kier molecular flexibility index (Phi) is 6.07. The average molecular weight is 432 g/mol. The lowest BCUT2D eigenvalue weighted by Gasteiger charge is -2.11. The topological polar surface area (TPSA) is 119 Å². The summed E-state index contributed by atoms with van der Waals surface area (Å²) in [5, 5.41) is 12.2. The van der Waals surface area contributed by atoms with Gasteiger partial charge in [-0.3, -0.25) is 25.8 Å². The van der Waals surface area contributed by atoms with E-state index in [4.69, 9.17) is 16.3 Å². The van der Waals surface area contributed by atoms with Crippen molar-refractivity contribution in [2.75, 3.05) is 5.43 Å². The van der Waals surface area contributed by atoms with Crippen LogP contribution in [0.5, 0.6) is 11.6 Å².